The van der Waals surface area contributed by atoms with E-state index >= 15 is 0 Å². The Morgan fingerprint density at radius 3 is 2.23 bits per heavy atom. The van der Waals surface area contributed by atoms with Gasteiger partial charge in [0.05, 0.1) is 23.8 Å². The van der Waals surface area contributed by atoms with Crippen LogP contribution in [-0.2, 0) is 9.84 Å². The second kappa shape index (κ2) is 4.38. The second-order valence-corrected chi connectivity index (χ2v) is 4.37. The number of hydrogen-bond acceptors (Lipinski definition) is 5. The Bertz CT molecular complexity index is 362. The molecule has 1 rings (SSSR count). The van der Waals surface area contributed by atoms with Gasteiger partial charge in [0.15, 0.2) is 0 Å². The predicted molar refractivity (Wildman–Crippen MR) is 51.4 cm³/mol. The van der Waals surface area contributed by atoms with Crippen molar-refractivity contribution in [1.29, 1.82) is 0 Å². The van der Waals surface area contributed by atoms with E-state index in [0.29, 0.717) is 5.69 Å². The Labute approximate surface area is 82.7 Å². The highest BCUT2D eigenvalue weighted by atomic mass is 35.5. The molecule has 2 N–H and O–H groups in total. The SMILES string of the molecule is CCS(=O)(=O)c1ncc(N)cn1.Cl. The van der Waals surface area contributed by atoms with Crippen molar-refractivity contribution < 1.29 is 8.42 Å². The van der Waals surface area contributed by atoms with Gasteiger partial charge in [0.2, 0.25) is 15.0 Å². The number of hydrogen-bond donors (Lipinski definition) is 1. The minimum atomic E-state index is -3.29. The quantitative estimate of drug-likeness (QED) is 0.728. The minimum Gasteiger partial charge on any atom is -0.396 e. The van der Waals surface area contributed by atoms with Gasteiger partial charge in [-0.1, -0.05) is 6.92 Å². The van der Waals surface area contributed by atoms with E-state index in [9.17, 15) is 8.42 Å². The summed E-state index contributed by atoms with van der Waals surface area (Å²) < 4.78 is 22.3. The Balaban J connectivity index is 0.00000144. The van der Waals surface area contributed by atoms with E-state index in [4.69, 9.17) is 5.73 Å². The fraction of sp³-hybridized carbons (Fsp3) is 0.333. The van der Waals surface area contributed by atoms with Crippen LogP contribution in [0.2, 0.25) is 0 Å². The maximum atomic E-state index is 11.1. The lowest BCUT2D eigenvalue weighted by Gasteiger charge is -1.97. The highest BCUT2D eigenvalue weighted by Gasteiger charge is 2.13. The van der Waals surface area contributed by atoms with Crippen LogP contribution in [0.5, 0.6) is 0 Å². The van der Waals surface area contributed by atoms with Crippen LogP contribution in [0.4, 0.5) is 5.69 Å². The minimum absolute atomic E-state index is 0. The molecule has 0 spiro atoms. The first kappa shape index (κ1) is 12.1. The molecule has 0 saturated carbocycles. The van der Waals surface area contributed by atoms with Gasteiger partial charge in [-0.2, -0.15) is 0 Å². The number of sulfone groups is 1. The molecule has 5 nitrogen and oxygen atoms in total. The summed E-state index contributed by atoms with van der Waals surface area (Å²) in [6.45, 7) is 1.54. The fourth-order valence-corrected chi connectivity index (χ4v) is 1.30. The van der Waals surface area contributed by atoms with Crippen molar-refractivity contribution in [3.05, 3.63) is 12.4 Å². The monoisotopic (exact) mass is 223 g/mol. The summed E-state index contributed by atoms with van der Waals surface area (Å²) >= 11 is 0. The summed E-state index contributed by atoms with van der Waals surface area (Å²) in [4.78, 5) is 7.19. The van der Waals surface area contributed by atoms with Crippen LogP contribution >= 0.6 is 12.4 Å². The number of nitrogens with two attached hydrogens (primary N) is 1. The normalized spacial score (nSPS) is 10.5. The first-order chi connectivity index (χ1) is 5.56. The van der Waals surface area contributed by atoms with Crippen LogP contribution in [0.15, 0.2) is 17.6 Å². The number of aromatic nitrogens is 2. The molecule has 0 fully saturated rings. The summed E-state index contributed by atoms with van der Waals surface area (Å²) in [7, 11) is -3.29. The van der Waals surface area contributed by atoms with Crippen molar-refractivity contribution >= 4 is 27.9 Å². The highest BCUT2D eigenvalue weighted by Crippen LogP contribution is 2.04. The number of nitrogen functional groups attached to an aromatic ring is 1. The van der Waals surface area contributed by atoms with Gasteiger partial charge >= 0.3 is 0 Å². The number of anilines is 1. The van der Waals surface area contributed by atoms with E-state index < -0.39 is 9.84 Å². The summed E-state index contributed by atoms with van der Waals surface area (Å²) in [5, 5.41) is -0.167. The molecule has 0 aliphatic carbocycles. The van der Waals surface area contributed by atoms with Crippen molar-refractivity contribution in [2.75, 3.05) is 11.5 Å². The summed E-state index contributed by atoms with van der Waals surface area (Å²) in [6.07, 6.45) is 2.55. The molecular weight excluding hydrogens is 214 g/mol. The van der Waals surface area contributed by atoms with Crippen LogP contribution in [-0.4, -0.2) is 24.1 Å². The van der Waals surface area contributed by atoms with Crippen molar-refractivity contribution in [2.45, 2.75) is 12.1 Å². The van der Waals surface area contributed by atoms with E-state index in [0.717, 1.165) is 0 Å². The number of nitrogens with zero attached hydrogens (tertiary/aromatic N) is 2. The summed E-state index contributed by atoms with van der Waals surface area (Å²) in [6, 6.07) is 0. The molecule has 0 aromatic carbocycles. The highest BCUT2D eigenvalue weighted by molar-refractivity contribution is 7.91. The predicted octanol–water partition coefficient (Wildman–Crippen LogP) is 0.274. The molecular formula is C6H10ClN3O2S. The third-order valence-electron chi connectivity index (χ3n) is 1.31. The van der Waals surface area contributed by atoms with Gasteiger partial charge in [0.1, 0.15) is 0 Å². The molecule has 7 heteroatoms. The van der Waals surface area contributed by atoms with Crippen LogP contribution in [0.1, 0.15) is 6.92 Å². The number of halogens is 1. The van der Waals surface area contributed by atoms with Gasteiger partial charge in [0, 0.05) is 0 Å². The Morgan fingerprint density at radius 1 is 1.38 bits per heavy atom. The number of rotatable bonds is 2. The van der Waals surface area contributed by atoms with E-state index in [2.05, 4.69) is 9.97 Å². The van der Waals surface area contributed by atoms with Crippen LogP contribution in [0, 0.1) is 0 Å². The smallest absolute Gasteiger partial charge is 0.247 e. The lowest BCUT2D eigenvalue weighted by molar-refractivity contribution is 0.588. The third kappa shape index (κ3) is 2.82. The molecule has 74 valence electrons. The van der Waals surface area contributed by atoms with Crippen LogP contribution in [0.3, 0.4) is 0 Å². The molecule has 0 saturated heterocycles. The topological polar surface area (TPSA) is 85.9 Å². The first-order valence-electron chi connectivity index (χ1n) is 3.36. The average Bonchev–Trinajstić information content (AvgIpc) is 2.05. The molecule has 0 amide bonds. The van der Waals surface area contributed by atoms with E-state index in [1.165, 1.54) is 19.3 Å². The molecule has 0 atom stereocenters. The van der Waals surface area contributed by atoms with Gasteiger partial charge in [-0.15, -0.1) is 12.4 Å². The third-order valence-corrected chi connectivity index (χ3v) is 2.83. The largest absolute Gasteiger partial charge is 0.396 e. The summed E-state index contributed by atoms with van der Waals surface area (Å²) in [5.41, 5.74) is 5.64. The molecule has 1 aromatic heterocycles. The standard InChI is InChI=1S/C6H9N3O2S.ClH/c1-2-12(10,11)6-8-3-5(7)4-9-6;/h3-4H,2,7H2,1H3;1H. The lowest BCUT2D eigenvalue weighted by Crippen LogP contribution is -2.08. The Morgan fingerprint density at radius 2 is 1.85 bits per heavy atom. The van der Waals surface area contributed by atoms with Gasteiger partial charge in [-0.05, 0) is 0 Å². The first-order valence-corrected chi connectivity index (χ1v) is 5.02. The Kier molecular flexibility index (Phi) is 4.09. The molecule has 0 unspecified atom stereocenters. The lowest BCUT2D eigenvalue weighted by atomic mass is 10.6. The maximum Gasteiger partial charge on any atom is 0.247 e. The van der Waals surface area contributed by atoms with E-state index in [1.54, 1.807) is 0 Å². The van der Waals surface area contributed by atoms with Crippen molar-refractivity contribution in [3.63, 3.8) is 0 Å². The van der Waals surface area contributed by atoms with Gasteiger partial charge in [0.25, 0.3) is 0 Å². The molecule has 0 aliphatic rings. The molecule has 13 heavy (non-hydrogen) atoms. The van der Waals surface area contributed by atoms with Gasteiger partial charge in [-0.25, -0.2) is 18.4 Å². The van der Waals surface area contributed by atoms with Gasteiger partial charge < -0.3 is 5.73 Å². The second-order valence-electron chi connectivity index (χ2n) is 2.20. The van der Waals surface area contributed by atoms with Crippen molar-refractivity contribution in [1.82, 2.24) is 9.97 Å². The van der Waals surface area contributed by atoms with E-state index in [1.807, 2.05) is 0 Å². The molecule has 1 aromatic rings. The maximum absolute atomic E-state index is 11.1. The zero-order chi connectivity index (χ0) is 9.19. The van der Waals surface area contributed by atoms with Crippen LogP contribution in [0.25, 0.3) is 0 Å². The zero-order valence-corrected chi connectivity index (χ0v) is 8.60. The van der Waals surface area contributed by atoms with E-state index in [-0.39, 0.29) is 23.3 Å². The molecule has 1 heterocycles. The fourth-order valence-electron chi connectivity index (χ4n) is 0.616. The summed E-state index contributed by atoms with van der Waals surface area (Å²) in [5.74, 6) is -0.00306. The average molecular weight is 224 g/mol. The molecule has 0 radical (unpaired) electrons. The molecule has 0 bridgehead atoms. The Hall–Kier alpha value is -0.880. The van der Waals surface area contributed by atoms with Crippen molar-refractivity contribution in [2.24, 2.45) is 0 Å². The van der Waals surface area contributed by atoms with Crippen LogP contribution < -0.4 is 5.73 Å². The van der Waals surface area contributed by atoms with Gasteiger partial charge in [-0.3, -0.25) is 0 Å². The van der Waals surface area contributed by atoms with Crippen molar-refractivity contribution in [3.8, 4) is 0 Å². The molecule has 0 aliphatic heterocycles. The zero-order valence-electron chi connectivity index (χ0n) is 6.97.